The Kier molecular flexibility index (Phi) is 2.91. The van der Waals surface area contributed by atoms with Gasteiger partial charge in [-0.2, -0.15) is 0 Å². The molecule has 3 rings (SSSR count). The van der Waals surface area contributed by atoms with Crippen LogP contribution >= 0.6 is 0 Å². The Morgan fingerprint density at radius 2 is 1.84 bits per heavy atom. The number of rotatable bonds is 2. The third-order valence-electron chi connectivity index (χ3n) is 3.18. The number of carbonyl (C=O) groups excluding carboxylic acids is 1. The lowest BCUT2D eigenvalue weighted by Gasteiger charge is -2.30. The predicted octanol–water partition coefficient (Wildman–Crippen LogP) is 2.78. The number of para-hydroxylation sites is 2. The van der Waals surface area contributed by atoms with Crippen LogP contribution in [0.5, 0.6) is 0 Å². The van der Waals surface area contributed by atoms with E-state index in [0.29, 0.717) is 6.54 Å². The molecule has 3 nitrogen and oxygen atoms in total. The molecule has 1 heterocycles. The Labute approximate surface area is 110 Å². The Bertz CT molecular complexity index is 610. The van der Waals surface area contributed by atoms with Gasteiger partial charge in [-0.05, 0) is 29.8 Å². The van der Waals surface area contributed by atoms with Crippen LogP contribution in [0, 0.1) is 5.82 Å². The highest BCUT2D eigenvalue weighted by molar-refractivity contribution is 6.02. The fraction of sp³-hybridized carbons (Fsp3) is 0.133. The predicted molar refractivity (Wildman–Crippen MR) is 72.5 cm³/mol. The summed E-state index contributed by atoms with van der Waals surface area (Å²) in [6, 6.07) is 13.9. The second-order valence-electron chi connectivity index (χ2n) is 4.48. The summed E-state index contributed by atoms with van der Waals surface area (Å²) >= 11 is 0. The summed E-state index contributed by atoms with van der Waals surface area (Å²) in [6.07, 6.45) is 0. The van der Waals surface area contributed by atoms with Crippen molar-refractivity contribution in [3.05, 3.63) is 59.9 Å². The van der Waals surface area contributed by atoms with E-state index in [1.54, 1.807) is 17.0 Å². The van der Waals surface area contributed by atoms with Crippen molar-refractivity contribution in [1.29, 1.82) is 0 Å². The van der Waals surface area contributed by atoms with E-state index in [1.165, 1.54) is 12.1 Å². The van der Waals surface area contributed by atoms with Crippen molar-refractivity contribution in [3.63, 3.8) is 0 Å². The first-order valence-corrected chi connectivity index (χ1v) is 6.12. The molecule has 19 heavy (non-hydrogen) atoms. The second-order valence-corrected chi connectivity index (χ2v) is 4.48. The lowest BCUT2D eigenvalue weighted by molar-refractivity contribution is -0.117. The topological polar surface area (TPSA) is 32.3 Å². The van der Waals surface area contributed by atoms with Crippen LogP contribution in [-0.2, 0) is 11.3 Å². The Morgan fingerprint density at radius 3 is 2.63 bits per heavy atom. The molecule has 0 radical (unpaired) electrons. The van der Waals surface area contributed by atoms with Crippen LogP contribution in [-0.4, -0.2) is 12.5 Å². The monoisotopic (exact) mass is 256 g/mol. The number of nitrogens with zero attached hydrogens (tertiary/aromatic N) is 1. The summed E-state index contributed by atoms with van der Waals surface area (Å²) in [6.45, 7) is 0.746. The summed E-state index contributed by atoms with van der Waals surface area (Å²) in [5.41, 5.74) is 2.72. The molecule has 2 aromatic carbocycles. The van der Waals surface area contributed by atoms with E-state index in [4.69, 9.17) is 0 Å². The van der Waals surface area contributed by atoms with E-state index in [-0.39, 0.29) is 18.3 Å². The average Bonchev–Trinajstić information content (AvgIpc) is 2.44. The minimum atomic E-state index is -0.268. The highest BCUT2D eigenvalue weighted by Gasteiger charge is 2.23. The minimum Gasteiger partial charge on any atom is -0.374 e. The van der Waals surface area contributed by atoms with Crippen molar-refractivity contribution in [3.8, 4) is 0 Å². The molecule has 1 aliphatic heterocycles. The van der Waals surface area contributed by atoms with Crippen LogP contribution in [0.25, 0.3) is 0 Å². The number of hydrogen-bond acceptors (Lipinski definition) is 2. The molecule has 0 aliphatic carbocycles. The zero-order valence-electron chi connectivity index (χ0n) is 10.3. The smallest absolute Gasteiger partial charge is 0.246 e. The van der Waals surface area contributed by atoms with E-state index in [0.717, 1.165) is 16.9 Å². The van der Waals surface area contributed by atoms with Crippen molar-refractivity contribution < 1.29 is 9.18 Å². The number of carbonyl (C=O) groups is 1. The fourth-order valence-electron chi connectivity index (χ4n) is 2.20. The number of amides is 1. The number of nitrogens with one attached hydrogen (secondary N) is 1. The van der Waals surface area contributed by atoms with E-state index in [2.05, 4.69) is 5.32 Å². The van der Waals surface area contributed by atoms with Gasteiger partial charge in [0.1, 0.15) is 5.82 Å². The molecular formula is C15H13FN2O. The summed E-state index contributed by atoms with van der Waals surface area (Å²) in [4.78, 5) is 13.7. The molecule has 2 aromatic rings. The maximum Gasteiger partial charge on any atom is 0.246 e. The fourth-order valence-corrected chi connectivity index (χ4v) is 2.20. The molecule has 0 unspecified atom stereocenters. The molecular weight excluding hydrogens is 243 g/mol. The van der Waals surface area contributed by atoms with Gasteiger partial charge in [0.2, 0.25) is 5.91 Å². The summed E-state index contributed by atoms with van der Waals surface area (Å²) in [5, 5.41) is 3.09. The molecule has 1 amide bonds. The van der Waals surface area contributed by atoms with Crippen molar-refractivity contribution in [2.45, 2.75) is 6.54 Å². The quantitative estimate of drug-likeness (QED) is 0.896. The number of halogens is 1. The molecule has 0 bridgehead atoms. The van der Waals surface area contributed by atoms with Crippen molar-refractivity contribution in [2.75, 3.05) is 16.8 Å². The highest BCUT2D eigenvalue weighted by atomic mass is 19.1. The normalized spacial score (nSPS) is 13.9. The highest BCUT2D eigenvalue weighted by Crippen LogP contribution is 2.30. The van der Waals surface area contributed by atoms with Crippen molar-refractivity contribution in [2.24, 2.45) is 0 Å². The third-order valence-corrected chi connectivity index (χ3v) is 3.18. The first kappa shape index (κ1) is 11.7. The Morgan fingerprint density at radius 1 is 1.11 bits per heavy atom. The molecule has 0 saturated heterocycles. The van der Waals surface area contributed by atoms with Crippen LogP contribution in [0.1, 0.15) is 5.56 Å². The van der Waals surface area contributed by atoms with Gasteiger partial charge in [0.15, 0.2) is 0 Å². The van der Waals surface area contributed by atoms with Gasteiger partial charge in [0, 0.05) is 0 Å². The van der Waals surface area contributed by atoms with Gasteiger partial charge >= 0.3 is 0 Å². The van der Waals surface area contributed by atoms with Gasteiger partial charge in [0.05, 0.1) is 24.5 Å². The molecule has 1 aliphatic rings. The molecule has 1 N–H and O–H groups in total. The summed E-state index contributed by atoms with van der Waals surface area (Å²) < 4.78 is 12.9. The van der Waals surface area contributed by atoms with E-state index in [1.807, 2.05) is 24.3 Å². The zero-order chi connectivity index (χ0) is 13.2. The van der Waals surface area contributed by atoms with Gasteiger partial charge in [-0.15, -0.1) is 0 Å². The van der Waals surface area contributed by atoms with E-state index in [9.17, 15) is 9.18 Å². The van der Waals surface area contributed by atoms with Crippen LogP contribution in [0.15, 0.2) is 48.5 Å². The number of hydrogen-bond donors (Lipinski definition) is 1. The summed E-state index contributed by atoms with van der Waals surface area (Å²) in [7, 11) is 0. The first-order chi connectivity index (χ1) is 9.24. The van der Waals surface area contributed by atoms with E-state index < -0.39 is 0 Å². The standard InChI is InChI=1S/C15H13FN2O/c16-12-7-5-11(6-8-12)10-18-14-4-2-1-3-13(14)17-9-15(18)19/h1-8,17H,9-10H2. The van der Waals surface area contributed by atoms with Gasteiger partial charge in [-0.3, -0.25) is 4.79 Å². The lowest BCUT2D eigenvalue weighted by atomic mass is 10.1. The number of fused-ring (bicyclic) bond motifs is 1. The second kappa shape index (κ2) is 4.72. The third kappa shape index (κ3) is 2.29. The van der Waals surface area contributed by atoms with Crippen LogP contribution < -0.4 is 10.2 Å². The van der Waals surface area contributed by atoms with Crippen LogP contribution in [0.4, 0.5) is 15.8 Å². The number of anilines is 2. The van der Waals surface area contributed by atoms with Crippen LogP contribution in [0.2, 0.25) is 0 Å². The average molecular weight is 256 g/mol. The molecule has 0 fully saturated rings. The van der Waals surface area contributed by atoms with Gasteiger partial charge in [0.25, 0.3) is 0 Å². The van der Waals surface area contributed by atoms with Gasteiger partial charge in [-0.1, -0.05) is 24.3 Å². The molecule has 4 heteroatoms. The maximum absolute atomic E-state index is 12.9. The van der Waals surface area contributed by atoms with Crippen molar-refractivity contribution >= 4 is 17.3 Å². The molecule has 0 saturated carbocycles. The molecule has 0 spiro atoms. The van der Waals surface area contributed by atoms with E-state index >= 15 is 0 Å². The van der Waals surface area contributed by atoms with Gasteiger partial charge in [-0.25, -0.2) is 4.39 Å². The summed E-state index contributed by atoms with van der Waals surface area (Å²) in [5.74, 6) is -0.251. The largest absolute Gasteiger partial charge is 0.374 e. The van der Waals surface area contributed by atoms with Crippen LogP contribution in [0.3, 0.4) is 0 Å². The molecule has 0 atom stereocenters. The zero-order valence-corrected chi connectivity index (χ0v) is 10.3. The minimum absolute atomic E-state index is 0.0167. The molecule has 96 valence electrons. The SMILES string of the molecule is O=C1CNc2ccccc2N1Cc1ccc(F)cc1. The lowest BCUT2D eigenvalue weighted by Crippen LogP contribution is -2.39. The van der Waals surface area contributed by atoms with Gasteiger partial charge < -0.3 is 10.2 Å². The maximum atomic E-state index is 12.9. The first-order valence-electron chi connectivity index (χ1n) is 6.12. The Balaban J connectivity index is 1.91. The Hall–Kier alpha value is -2.36. The number of benzene rings is 2. The van der Waals surface area contributed by atoms with Crippen molar-refractivity contribution in [1.82, 2.24) is 0 Å². The molecule has 0 aromatic heterocycles.